The molecule has 1 amide bonds. The van der Waals surface area contributed by atoms with E-state index in [4.69, 9.17) is 4.74 Å². The van der Waals surface area contributed by atoms with Crippen LogP contribution in [0.4, 0.5) is 0 Å². The zero-order valence-electron chi connectivity index (χ0n) is 13.7. The zero-order chi connectivity index (χ0) is 17.0. The number of ether oxygens (including phenoxy) is 1. The van der Waals surface area contributed by atoms with Gasteiger partial charge < -0.3 is 10.1 Å². The molecule has 1 atom stereocenters. The molecule has 5 nitrogen and oxygen atoms in total. The first kappa shape index (κ1) is 17.1. The molecule has 0 aliphatic heterocycles. The van der Waals surface area contributed by atoms with Gasteiger partial charge >= 0.3 is 5.97 Å². The topological polar surface area (TPSA) is 68.3 Å². The van der Waals surface area contributed by atoms with Crippen molar-refractivity contribution in [3.63, 3.8) is 0 Å². The zero-order valence-corrected chi connectivity index (χ0v) is 14.5. The van der Waals surface area contributed by atoms with Gasteiger partial charge in [0, 0.05) is 22.8 Å². The van der Waals surface area contributed by atoms with E-state index < -0.39 is 11.5 Å². The van der Waals surface area contributed by atoms with Crippen molar-refractivity contribution in [2.75, 3.05) is 6.61 Å². The lowest BCUT2D eigenvalue weighted by Crippen LogP contribution is -2.50. The average Bonchev–Trinajstić information content (AvgIpc) is 2.88. The van der Waals surface area contributed by atoms with E-state index in [1.807, 2.05) is 19.9 Å². The summed E-state index contributed by atoms with van der Waals surface area (Å²) in [6.45, 7) is 7.51. The molecular formula is C17H20N2O3S. The number of rotatable bonds is 5. The summed E-state index contributed by atoms with van der Waals surface area (Å²) in [5, 5.41) is 2.81. The highest BCUT2D eigenvalue weighted by molar-refractivity contribution is 7.14. The highest BCUT2D eigenvalue weighted by atomic mass is 32.1. The molecule has 0 spiro atoms. The summed E-state index contributed by atoms with van der Waals surface area (Å²) in [7, 11) is 0. The van der Waals surface area contributed by atoms with Crippen molar-refractivity contribution >= 4 is 23.2 Å². The van der Waals surface area contributed by atoms with E-state index >= 15 is 0 Å². The van der Waals surface area contributed by atoms with Crippen LogP contribution in [0.25, 0.3) is 0 Å². The van der Waals surface area contributed by atoms with Gasteiger partial charge in [-0.15, -0.1) is 11.3 Å². The fourth-order valence-electron chi connectivity index (χ4n) is 2.15. The van der Waals surface area contributed by atoms with Gasteiger partial charge in [0.05, 0.1) is 11.5 Å². The molecule has 0 fully saturated rings. The Balaban J connectivity index is 2.35. The minimum Gasteiger partial charge on any atom is -0.464 e. The summed E-state index contributed by atoms with van der Waals surface area (Å²) in [6, 6.07) is 5.29. The van der Waals surface area contributed by atoms with Crippen molar-refractivity contribution < 1.29 is 14.3 Å². The molecule has 122 valence electrons. The Morgan fingerprint density at radius 2 is 2.13 bits per heavy atom. The standard InChI is InChI=1S/C17H20N2O3S/c1-5-22-16(21)17(4,13-7-6-8-18-10-13)19-15(20)14-9-11(2)12(3)23-14/h6-10H,5H2,1-4H3,(H,19,20)/t17-/m1/s1. The Hall–Kier alpha value is -2.21. The van der Waals surface area contributed by atoms with Gasteiger partial charge in [-0.1, -0.05) is 6.07 Å². The predicted octanol–water partition coefficient (Wildman–Crippen LogP) is 2.97. The number of hydrogen-bond donors (Lipinski definition) is 1. The third-order valence-corrected chi connectivity index (χ3v) is 4.83. The van der Waals surface area contributed by atoms with Crippen molar-refractivity contribution in [3.05, 3.63) is 51.5 Å². The minimum atomic E-state index is -1.28. The lowest BCUT2D eigenvalue weighted by Gasteiger charge is -2.28. The van der Waals surface area contributed by atoms with Crippen LogP contribution < -0.4 is 5.32 Å². The second-order valence-corrected chi connectivity index (χ2v) is 6.65. The maximum Gasteiger partial charge on any atom is 0.336 e. The number of carbonyl (C=O) groups excluding carboxylic acids is 2. The summed E-state index contributed by atoms with van der Waals surface area (Å²) in [6.07, 6.45) is 3.17. The van der Waals surface area contributed by atoms with Gasteiger partial charge in [0.1, 0.15) is 0 Å². The SMILES string of the molecule is CCOC(=O)[C@](C)(NC(=O)c1cc(C)c(C)s1)c1cccnc1. The fourth-order valence-corrected chi connectivity index (χ4v) is 3.08. The molecule has 0 saturated heterocycles. The first-order chi connectivity index (χ1) is 10.9. The number of esters is 1. The number of pyridine rings is 1. The van der Waals surface area contributed by atoms with Gasteiger partial charge in [0.25, 0.3) is 5.91 Å². The average molecular weight is 332 g/mol. The molecule has 2 rings (SSSR count). The largest absolute Gasteiger partial charge is 0.464 e. The van der Waals surface area contributed by atoms with Crippen molar-refractivity contribution in [1.82, 2.24) is 10.3 Å². The third kappa shape index (κ3) is 3.59. The number of hydrogen-bond acceptors (Lipinski definition) is 5. The first-order valence-corrected chi connectivity index (χ1v) is 8.17. The number of aryl methyl sites for hydroxylation is 2. The van der Waals surface area contributed by atoms with E-state index in [0.717, 1.165) is 10.4 Å². The van der Waals surface area contributed by atoms with E-state index in [1.54, 1.807) is 38.4 Å². The molecule has 1 N–H and O–H groups in total. The molecule has 2 aromatic heterocycles. The van der Waals surface area contributed by atoms with Gasteiger partial charge in [0.15, 0.2) is 5.54 Å². The number of nitrogens with zero attached hydrogens (tertiary/aromatic N) is 1. The van der Waals surface area contributed by atoms with Gasteiger partial charge in [-0.05, 0) is 45.4 Å². The van der Waals surface area contributed by atoms with Crippen LogP contribution in [-0.2, 0) is 15.1 Å². The lowest BCUT2D eigenvalue weighted by atomic mass is 9.93. The molecule has 2 aromatic rings. The van der Waals surface area contributed by atoms with E-state index in [9.17, 15) is 9.59 Å². The van der Waals surface area contributed by atoms with Crippen LogP contribution >= 0.6 is 11.3 Å². The Labute approximate surface area is 139 Å². The summed E-state index contributed by atoms with van der Waals surface area (Å²) in [5.41, 5.74) is 0.351. The van der Waals surface area contributed by atoms with Crippen molar-refractivity contribution in [2.45, 2.75) is 33.2 Å². The van der Waals surface area contributed by atoms with Gasteiger partial charge in [-0.3, -0.25) is 9.78 Å². The van der Waals surface area contributed by atoms with Crippen molar-refractivity contribution in [3.8, 4) is 0 Å². The normalized spacial score (nSPS) is 13.2. The molecule has 0 aliphatic carbocycles. The molecule has 0 aromatic carbocycles. The Morgan fingerprint density at radius 3 is 2.65 bits per heavy atom. The van der Waals surface area contributed by atoms with Gasteiger partial charge in [-0.25, -0.2) is 4.79 Å². The monoisotopic (exact) mass is 332 g/mol. The number of amides is 1. The van der Waals surface area contributed by atoms with Crippen molar-refractivity contribution in [1.29, 1.82) is 0 Å². The lowest BCUT2D eigenvalue weighted by molar-refractivity contribution is -0.150. The quantitative estimate of drug-likeness (QED) is 0.855. The summed E-state index contributed by atoms with van der Waals surface area (Å²) in [5.74, 6) is -0.808. The Kier molecular flexibility index (Phi) is 5.15. The maximum atomic E-state index is 12.6. The van der Waals surface area contributed by atoms with Crippen LogP contribution in [0.1, 0.15) is 39.5 Å². The Bertz CT molecular complexity index is 692. The maximum absolute atomic E-state index is 12.6. The number of carbonyl (C=O) groups is 2. The number of thiophene rings is 1. The van der Waals surface area contributed by atoms with E-state index in [1.165, 1.54) is 11.3 Å². The first-order valence-electron chi connectivity index (χ1n) is 7.35. The predicted molar refractivity (Wildman–Crippen MR) is 89.5 cm³/mol. The van der Waals surface area contributed by atoms with Crippen molar-refractivity contribution in [2.24, 2.45) is 0 Å². The molecule has 0 aliphatic rings. The second kappa shape index (κ2) is 6.91. The highest BCUT2D eigenvalue weighted by Gasteiger charge is 2.39. The van der Waals surface area contributed by atoms with Crippen LogP contribution in [0, 0.1) is 13.8 Å². The number of aromatic nitrogens is 1. The molecule has 0 radical (unpaired) electrons. The summed E-state index contributed by atoms with van der Waals surface area (Å²) < 4.78 is 5.15. The fraction of sp³-hybridized carbons (Fsp3) is 0.353. The van der Waals surface area contributed by atoms with Gasteiger partial charge in [-0.2, -0.15) is 0 Å². The van der Waals surface area contributed by atoms with Crippen LogP contribution in [0.3, 0.4) is 0 Å². The highest BCUT2D eigenvalue weighted by Crippen LogP contribution is 2.25. The van der Waals surface area contributed by atoms with Crippen LogP contribution in [-0.4, -0.2) is 23.5 Å². The molecule has 0 bridgehead atoms. The molecule has 6 heteroatoms. The summed E-state index contributed by atoms with van der Waals surface area (Å²) >= 11 is 1.40. The molecule has 0 saturated carbocycles. The number of nitrogens with one attached hydrogen (secondary N) is 1. The second-order valence-electron chi connectivity index (χ2n) is 5.39. The molecule has 2 heterocycles. The van der Waals surface area contributed by atoms with Crippen LogP contribution in [0.15, 0.2) is 30.6 Å². The molecule has 0 unspecified atom stereocenters. The van der Waals surface area contributed by atoms with E-state index in [-0.39, 0.29) is 12.5 Å². The van der Waals surface area contributed by atoms with Gasteiger partial charge in [0.2, 0.25) is 0 Å². The van der Waals surface area contributed by atoms with Crippen LogP contribution in [0.5, 0.6) is 0 Å². The van der Waals surface area contributed by atoms with E-state index in [0.29, 0.717) is 10.4 Å². The minimum absolute atomic E-state index is 0.238. The third-order valence-electron chi connectivity index (χ3n) is 3.68. The Morgan fingerprint density at radius 1 is 1.39 bits per heavy atom. The molecule has 23 heavy (non-hydrogen) atoms. The molecular weight excluding hydrogens is 312 g/mol. The smallest absolute Gasteiger partial charge is 0.336 e. The van der Waals surface area contributed by atoms with E-state index in [2.05, 4.69) is 10.3 Å². The van der Waals surface area contributed by atoms with Crippen LogP contribution in [0.2, 0.25) is 0 Å². The summed E-state index contributed by atoms with van der Waals surface area (Å²) in [4.78, 5) is 30.7.